The first-order valence-electron chi connectivity index (χ1n) is 3.68. The van der Waals surface area contributed by atoms with Crippen LogP contribution in [-0.4, -0.2) is 14.8 Å². The Morgan fingerprint density at radius 3 is 2.92 bits per heavy atom. The van der Waals surface area contributed by atoms with Crippen molar-refractivity contribution in [2.45, 2.75) is 0 Å². The molecule has 0 radical (unpaired) electrons. The molecule has 0 spiro atoms. The minimum atomic E-state index is -0.536. The number of pyridine rings is 1. The molecule has 5 heteroatoms. The molecule has 0 aliphatic carbocycles. The minimum Gasteiger partial charge on any atom is -0.396 e. The first kappa shape index (κ1) is 7.72. The summed E-state index contributed by atoms with van der Waals surface area (Å²) in [5.41, 5.74) is 6.60. The van der Waals surface area contributed by atoms with Gasteiger partial charge in [0.05, 0.1) is 23.8 Å². The van der Waals surface area contributed by atoms with E-state index < -0.39 is 5.95 Å². The monoisotopic (exact) mass is 178 g/mol. The third-order valence-electron chi connectivity index (χ3n) is 1.58. The second-order valence-electron chi connectivity index (χ2n) is 2.56. The lowest BCUT2D eigenvalue weighted by molar-refractivity contribution is 0.581. The number of nitrogens with two attached hydrogens (primary N) is 1. The van der Waals surface area contributed by atoms with Crippen molar-refractivity contribution in [3.63, 3.8) is 0 Å². The lowest BCUT2D eigenvalue weighted by Gasteiger charge is -1.98. The van der Waals surface area contributed by atoms with E-state index in [9.17, 15) is 4.39 Å². The molecule has 2 N–H and O–H groups in total. The largest absolute Gasteiger partial charge is 0.396 e. The maximum Gasteiger partial charge on any atom is 0.214 e. The zero-order valence-corrected chi connectivity index (χ0v) is 6.68. The summed E-state index contributed by atoms with van der Waals surface area (Å²) in [6.45, 7) is 0. The molecule has 0 saturated carbocycles. The number of aromatic nitrogens is 3. The van der Waals surface area contributed by atoms with Crippen molar-refractivity contribution in [1.29, 1.82) is 0 Å². The van der Waals surface area contributed by atoms with E-state index in [0.717, 1.165) is 0 Å². The second-order valence-corrected chi connectivity index (χ2v) is 2.56. The molecule has 0 amide bonds. The molecule has 0 aromatic carbocycles. The van der Waals surface area contributed by atoms with Crippen LogP contribution in [0.15, 0.2) is 30.7 Å². The fraction of sp³-hybridized carbons (Fsp3) is 0. The van der Waals surface area contributed by atoms with Gasteiger partial charge in [0.1, 0.15) is 0 Å². The molecule has 0 bridgehead atoms. The zero-order chi connectivity index (χ0) is 9.26. The lowest BCUT2D eigenvalue weighted by Crippen LogP contribution is -1.95. The molecule has 13 heavy (non-hydrogen) atoms. The summed E-state index contributed by atoms with van der Waals surface area (Å²) in [6, 6.07) is 2.93. The van der Waals surface area contributed by atoms with Gasteiger partial charge in [0, 0.05) is 12.3 Å². The Hall–Kier alpha value is -1.91. The molecule has 4 nitrogen and oxygen atoms in total. The van der Waals surface area contributed by atoms with Gasteiger partial charge in [0.2, 0.25) is 5.95 Å². The van der Waals surface area contributed by atoms with Crippen LogP contribution >= 0.6 is 0 Å². The van der Waals surface area contributed by atoms with E-state index in [0.29, 0.717) is 11.4 Å². The van der Waals surface area contributed by atoms with Crippen molar-refractivity contribution in [3.8, 4) is 5.69 Å². The summed E-state index contributed by atoms with van der Waals surface area (Å²) >= 11 is 0. The molecule has 0 aliphatic heterocycles. The summed E-state index contributed by atoms with van der Waals surface area (Å²) in [5, 5.41) is 3.92. The Morgan fingerprint density at radius 2 is 2.31 bits per heavy atom. The molecule has 2 rings (SSSR count). The van der Waals surface area contributed by atoms with Crippen LogP contribution in [0, 0.1) is 5.95 Å². The summed E-state index contributed by atoms with van der Waals surface area (Å²) < 4.78 is 14.2. The number of nitrogens with zero attached hydrogens (tertiary/aromatic N) is 3. The van der Waals surface area contributed by atoms with E-state index >= 15 is 0 Å². The smallest absolute Gasteiger partial charge is 0.214 e. The van der Waals surface area contributed by atoms with Crippen molar-refractivity contribution in [2.75, 3.05) is 5.73 Å². The molecule has 2 aromatic heterocycles. The summed E-state index contributed by atoms with van der Waals surface area (Å²) in [6.07, 6.45) is 4.48. The fourth-order valence-electron chi connectivity index (χ4n) is 1.01. The molecule has 2 aromatic rings. The number of anilines is 1. The highest BCUT2D eigenvalue weighted by atomic mass is 19.1. The van der Waals surface area contributed by atoms with Gasteiger partial charge in [-0.2, -0.15) is 9.49 Å². The van der Waals surface area contributed by atoms with Gasteiger partial charge < -0.3 is 5.73 Å². The van der Waals surface area contributed by atoms with E-state index in [2.05, 4.69) is 10.1 Å². The molecular formula is C8H7FN4. The van der Waals surface area contributed by atoms with E-state index in [1.807, 2.05) is 0 Å². The maximum absolute atomic E-state index is 12.7. The quantitative estimate of drug-likeness (QED) is 0.662. The number of nitrogen functional groups attached to an aromatic ring is 1. The fourth-order valence-corrected chi connectivity index (χ4v) is 1.01. The van der Waals surface area contributed by atoms with Crippen LogP contribution in [0.1, 0.15) is 0 Å². The summed E-state index contributed by atoms with van der Waals surface area (Å²) in [5.74, 6) is -0.536. The van der Waals surface area contributed by atoms with E-state index in [1.54, 1.807) is 12.3 Å². The van der Waals surface area contributed by atoms with E-state index in [1.165, 1.54) is 23.1 Å². The summed E-state index contributed by atoms with van der Waals surface area (Å²) in [7, 11) is 0. The molecule has 0 fully saturated rings. The molecule has 0 atom stereocenters. The first-order chi connectivity index (χ1) is 6.25. The normalized spacial score (nSPS) is 10.2. The van der Waals surface area contributed by atoms with Crippen molar-refractivity contribution in [1.82, 2.24) is 14.8 Å². The SMILES string of the molecule is Nc1cnn(-c2ccnc(F)c2)c1. The van der Waals surface area contributed by atoms with Gasteiger partial charge in [0.15, 0.2) is 0 Å². The molecule has 0 saturated heterocycles. The van der Waals surface area contributed by atoms with Crippen LogP contribution in [0.5, 0.6) is 0 Å². The van der Waals surface area contributed by atoms with Gasteiger partial charge >= 0.3 is 0 Å². The molecule has 66 valence electrons. The number of halogens is 1. The van der Waals surface area contributed by atoms with Crippen molar-refractivity contribution in [3.05, 3.63) is 36.7 Å². The third-order valence-corrected chi connectivity index (χ3v) is 1.58. The van der Waals surface area contributed by atoms with Gasteiger partial charge in [-0.3, -0.25) is 0 Å². The van der Waals surface area contributed by atoms with E-state index in [4.69, 9.17) is 5.73 Å². The minimum absolute atomic E-state index is 0.536. The highest BCUT2D eigenvalue weighted by Gasteiger charge is 1.99. The third kappa shape index (κ3) is 1.48. The van der Waals surface area contributed by atoms with Gasteiger partial charge in [-0.25, -0.2) is 9.67 Å². The van der Waals surface area contributed by atoms with Gasteiger partial charge in [-0.05, 0) is 6.07 Å². The van der Waals surface area contributed by atoms with Crippen molar-refractivity contribution in [2.24, 2.45) is 0 Å². The van der Waals surface area contributed by atoms with Gasteiger partial charge in [0.25, 0.3) is 0 Å². The molecular weight excluding hydrogens is 171 g/mol. The Balaban J connectivity index is 2.46. The molecule has 0 unspecified atom stereocenters. The van der Waals surface area contributed by atoms with E-state index in [-0.39, 0.29) is 0 Å². The van der Waals surface area contributed by atoms with Crippen LogP contribution in [0.4, 0.5) is 10.1 Å². The predicted octanol–water partition coefficient (Wildman–Crippen LogP) is 0.989. The predicted molar refractivity (Wildman–Crippen MR) is 45.7 cm³/mol. The van der Waals surface area contributed by atoms with Gasteiger partial charge in [-0.1, -0.05) is 0 Å². The van der Waals surface area contributed by atoms with Crippen LogP contribution in [-0.2, 0) is 0 Å². The average Bonchev–Trinajstić information content (AvgIpc) is 2.52. The highest BCUT2D eigenvalue weighted by Crippen LogP contribution is 2.08. The first-order valence-corrected chi connectivity index (χ1v) is 3.68. The van der Waals surface area contributed by atoms with Crippen LogP contribution in [0.2, 0.25) is 0 Å². The number of rotatable bonds is 1. The van der Waals surface area contributed by atoms with Crippen molar-refractivity contribution >= 4 is 5.69 Å². The standard InChI is InChI=1S/C8H7FN4/c9-8-3-7(1-2-11-8)13-5-6(10)4-12-13/h1-5H,10H2. The zero-order valence-electron chi connectivity index (χ0n) is 6.68. The van der Waals surface area contributed by atoms with Crippen LogP contribution in [0.3, 0.4) is 0 Å². The van der Waals surface area contributed by atoms with Gasteiger partial charge in [-0.15, -0.1) is 0 Å². The second kappa shape index (κ2) is 2.85. The Bertz CT molecular complexity index is 424. The maximum atomic E-state index is 12.7. The van der Waals surface area contributed by atoms with Crippen LogP contribution < -0.4 is 5.73 Å². The highest BCUT2D eigenvalue weighted by molar-refractivity contribution is 5.37. The molecule has 0 aliphatic rings. The average molecular weight is 178 g/mol. The topological polar surface area (TPSA) is 56.7 Å². The summed E-state index contributed by atoms with van der Waals surface area (Å²) in [4.78, 5) is 3.43. The Labute approximate surface area is 73.8 Å². The lowest BCUT2D eigenvalue weighted by atomic mass is 10.4. The van der Waals surface area contributed by atoms with Crippen molar-refractivity contribution < 1.29 is 4.39 Å². The Kier molecular flexibility index (Phi) is 1.70. The number of hydrogen-bond acceptors (Lipinski definition) is 3. The molecule has 2 heterocycles. The number of hydrogen-bond donors (Lipinski definition) is 1. The Morgan fingerprint density at radius 1 is 1.46 bits per heavy atom. The van der Waals surface area contributed by atoms with Crippen LogP contribution in [0.25, 0.3) is 5.69 Å².